The van der Waals surface area contributed by atoms with Gasteiger partial charge < -0.3 is 9.84 Å². The summed E-state index contributed by atoms with van der Waals surface area (Å²) in [7, 11) is 0. The molecule has 0 aromatic heterocycles. The zero-order chi connectivity index (χ0) is 15.4. The molecule has 0 unspecified atom stereocenters. The van der Waals surface area contributed by atoms with Crippen LogP contribution in [0, 0.1) is 5.82 Å². The molecule has 0 aliphatic heterocycles. The average molecular weight is 309 g/mol. The quantitative estimate of drug-likeness (QED) is 0.875. The molecule has 0 aliphatic rings. The third kappa shape index (κ3) is 3.52. The highest BCUT2D eigenvalue weighted by atomic mass is 35.5. The number of hydrogen-bond acceptors (Lipinski definition) is 2. The van der Waals surface area contributed by atoms with Crippen molar-refractivity contribution in [3.05, 3.63) is 52.8 Å². The van der Waals surface area contributed by atoms with Crippen LogP contribution in [0.1, 0.15) is 23.7 Å². The summed E-state index contributed by atoms with van der Waals surface area (Å²) < 4.78 is 19.2. The first-order valence-electron chi connectivity index (χ1n) is 6.48. The topological polar surface area (TPSA) is 46.5 Å². The molecular formula is C16H14ClFO3. The second-order valence-corrected chi connectivity index (χ2v) is 4.90. The minimum absolute atomic E-state index is 0.0174. The van der Waals surface area contributed by atoms with Crippen molar-refractivity contribution in [1.82, 2.24) is 0 Å². The second-order valence-electron chi connectivity index (χ2n) is 4.49. The molecule has 110 valence electrons. The highest BCUT2D eigenvalue weighted by Gasteiger charge is 2.11. The molecule has 0 heterocycles. The van der Waals surface area contributed by atoms with Gasteiger partial charge in [0.25, 0.3) is 0 Å². The van der Waals surface area contributed by atoms with Gasteiger partial charge in [0.2, 0.25) is 0 Å². The fourth-order valence-corrected chi connectivity index (χ4v) is 2.14. The highest BCUT2D eigenvalue weighted by Crippen LogP contribution is 2.29. The fourth-order valence-electron chi connectivity index (χ4n) is 1.88. The van der Waals surface area contributed by atoms with Gasteiger partial charge in [0.15, 0.2) is 11.6 Å². The van der Waals surface area contributed by atoms with Crippen molar-refractivity contribution in [3.8, 4) is 16.9 Å². The lowest BCUT2D eigenvalue weighted by Crippen LogP contribution is -1.98. The van der Waals surface area contributed by atoms with Crippen molar-refractivity contribution < 1.29 is 19.0 Å². The van der Waals surface area contributed by atoms with E-state index in [9.17, 15) is 9.18 Å². The van der Waals surface area contributed by atoms with E-state index in [0.717, 1.165) is 6.42 Å². The van der Waals surface area contributed by atoms with Crippen molar-refractivity contribution in [2.75, 3.05) is 6.61 Å². The number of carboxylic acid groups (broad SMARTS) is 1. The van der Waals surface area contributed by atoms with E-state index in [4.69, 9.17) is 21.4 Å². The monoisotopic (exact) mass is 308 g/mol. The van der Waals surface area contributed by atoms with Crippen LogP contribution in [0.3, 0.4) is 0 Å². The first-order valence-corrected chi connectivity index (χ1v) is 6.86. The molecule has 0 amide bonds. The Kier molecular flexibility index (Phi) is 4.81. The summed E-state index contributed by atoms with van der Waals surface area (Å²) in [5, 5.41) is 9.05. The van der Waals surface area contributed by atoms with Gasteiger partial charge in [-0.3, -0.25) is 0 Å². The van der Waals surface area contributed by atoms with Crippen molar-refractivity contribution in [3.63, 3.8) is 0 Å². The zero-order valence-corrected chi connectivity index (χ0v) is 12.2. The molecule has 0 fully saturated rings. The van der Waals surface area contributed by atoms with E-state index in [1.54, 1.807) is 18.2 Å². The number of ether oxygens (including phenoxy) is 1. The van der Waals surface area contributed by atoms with Crippen LogP contribution in [-0.2, 0) is 0 Å². The van der Waals surface area contributed by atoms with Crippen molar-refractivity contribution in [1.29, 1.82) is 0 Å². The normalized spacial score (nSPS) is 10.4. The maximum absolute atomic E-state index is 13.9. The molecule has 21 heavy (non-hydrogen) atoms. The van der Waals surface area contributed by atoms with E-state index in [2.05, 4.69) is 0 Å². The molecule has 0 bridgehead atoms. The summed E-state index contributed by atoms with van der Waals surface area (Å²) in [4.78, 5) is 10.9. The van der Waals surface area contributed by atoms with Crippen molar-refractivity contribution in [2.45, 2.75) is 13.3 Å². The molecule has 0 spiro atoms. The maximum atomic E-state index is 13.9. The molecule has 2 rings (SSSR count). The van der Waals surface area contributed by atoms with Crippen LogP contribution in [0.25, 0.3) is 11.1 Å². The summed E-state index contributed by atoms with van der Waals surface area (Å²) >= 11 is 5.91. The van der Waals surface area contributed by atoms with Gasteiger partial charge in [0.05, 0.1) is 17.2 Å². The Labute approximate surface area is 126 Å². The number of benzene rings is 2. The van der Waals surface area contributed by atoms with Gasteiger partial charge >= 0.3 is 5.97 Å². The maximum Gasteiger partial charge on any atom is 0.337 e. The minimum Gasteiger partial charge on any atom is -0.491 e. The number of aromatic carboxylic acids is 1. The van der Waals surface area contributed by atoms with Crippen LogP contribution in [0.4, 0.5) is 4.39 Å². The van der Waals surface area contributed by atoms with Crippen LogP contribution >= 0.6 is 11.6 Å². The molecule has 1 N–H and O–H groups in total. The van der Waals surface area contributed by atoms with E-state index >= 15 is 0 Å². The van der Waals surface area contributed by atoms with Crippen LogP contribution in [0.15, 0.2) is 36.4 Å². The van der Waals surface area contributed by atoms with Gasteiger partial charge in [-0.15, -0.1) is 0 Å². The minimum atomic E-state index is -1.10. The lowest BCUT2D eigenvalue weighted by molar-refractivity contribution is 0.0697. The van der Waals surface area contributed by atoms with Gasteiger partial charge in [-0.05, 0) is 41.8 Å². The van der Waals surface area contributed by atoms with E-state index < -0.39 is 11.8 Å². The molecule has 0 atom stereocenters. The van der Waals surface area contributed by atoms with Gasteiger partial charge in [-0.25, -0.2) is 9.18 Å². The molecule has 0 radical (unpaired) electrons. The molecule has 0 saturated carbocycles. The number of carbonyl (C=O) groups is 1. The van der Waals surface area contributed by atoms with Gasteiger partial charge in [-0.2, -0.15) is 0 Å². The van der Waals surface area contributed by atoms with Gasteiger partial charge in [-0.1, -0.05) is 30.7 Å². The largest absolute Gasteiger partial charge is 0.491 e. The molecule has 2 aromatic carbocycles. The van der Waals surface area contributed by atoms with Crippen molar-refractivity contribution in [2.24, 2.45) is 0 Å². The lowest BCUT2D eigenvalue weighted by atomic mass is 10.0. The third-order valence-electron chi connectivity index (χ3n) is 2.93. The Bertz CT molecular complexity index is 671. The third-order valence-corrected chi connectivity index (χ3v) is 3.24. The zero-order valence-electron chi connectivity index (χ0n) is 11.4. The predicted molar refractivity (Wildman–Crippen MR) is 79.6 cm³/mol. The fraction of sp³-hybridized carbons (Fsp3) is 0.188. The molecule has 0 saturated heterocycles. The van der Waals surface area contributed by atoms with Crippen LogP contribution in [-0.4, -0.2) is 17.7 Å². The summed E-state index contributed by atoms with van der Waals surface area (Å²) in [5.74, 6) is -1.35. The van der Waals surface area contributed by atoms with Crippen LogP contribution < -0.4 is 4.74 Å². The van der Waals surface area contributed by atoms with E-state index in [1.807, 2.05) is 6.92 Å². The predicted octanol–water partition coefficient (Wildman–Crippen LogP) is 4.63. The van der Waals surface area contributed by atoms with Crippen LogP contribution in [0.5, 0.6) is 5.75 Å². The van der Waals surface area contributed by atoms with Crippen molar-refractivity contribution >= 4 is 17.6 Å². The molecular weight excluding hydrogens is 295 g/mol. The number of hydrogen-bond donors (Lipinski definition) is 1. The molecule has 2 aromatic rings. The lowest BCUT2D eigenvalue weighted by Gasteiger charge is -2.09. The second kappa shape index (κ2) is 6.59. The standard InChI is InChI=1S/C16H14ClFO3/c1-2-7-21-15-6-4-11(9-14(15)18)10-3-5-12(16(19)20)13(17)8-10/h3-6,8-9H,2,7H2,1H3,(H,19,20). The Morgan fingerprint density at radius 3 is 2.48 bits per heavy atom. The van der Waals surface area contributed by atoms with E-state index in [-0.39, 0.29) is 16.3 Å². The number of rotatable bonds is 5. The Balaban J connectivity index is 2.32. The number of halogens is 2. The van der Waals surface area contributed by atoms with Gasteiger partial charge in [0.1, 0.15) is 0 Å². The van der Waals surface area contributed by atoms with Crippen LogP contribution in [0.2, 0.25) is 5.02 Å². The SMILES string of the molecule is CCCOc1ccc(-c2ccc(C(=O)O)c(Cl)c2)cc1F. The Morgan fingerprint density at radius 1 is 1.24 bits per heavy atom. The smallest absolute Gasteiger partial charge is 0.337 e. The Hall–Kier alpha value is -2.07. The summed E-state index contributed by atoms with van der Waals surface area (Å²) in [6.45, 7) is 2.40. The van der Waals surface area contributed by atoms with Gasteiger partial charge in [0, 0.05) is 0 Å². The first kappa shape index (κ1) is 15.3. The Morgan fingerprint density at radius 2 is 1.90 bits per heavy atom. The van der Waals surface area contributed by atoms with E-state index in [1.165, 1.54) is 18.2 Å². The molecule has 5 heteroatoms. The summed E-state index contributed by atoms with van der Waals surface area (Å²) in [5.41, 5.74) is 1.27. The molecule has 3 nitrogen and oxygen atoms in total. The summed E-state index contributed by atoms with van der Waals surface area (Å²) in [6.07, 6.45) is 0.799. The first-order chi connectivity index (χ1) is 10.0. The van der Waals surface area contributed by atoms with E-state index in [0.29, 0.717) is 17.7 Å². The average Bonchev–Trinajstić information content (AvgIpc) is 2.45. The summed E-state index contributed by atoms with van der Waals surface area (Å²) in [6, 6.07) is 9.11. The molecule has 0 aliphatic carbocycles. The number of carboxylic acids is 1. The highest BCUT2D eigenvalue weighted by molar-refractivity contribution is 6.33.